The number of rotatable bonds is 3. The highest BCUT2D eigenvalue weighted by Crippen LogP contribution is 2.21. The molecule has 5 nitrogen and oxygen atoms in total. The Balaban J connectivity index is 2.42. The first-order valence-corrected chi connectivity index (χ1v) is 4.80. The topological polar surface area (TPSA) is 86.2 Å². The Kier molecular flexibility index (Phi) is 2.88. The molecule has 0 aliphatic rings. The van der Waals surface area contributed by atoms with Crippen molar-refractivity contribution in [3.05, 3.63) is 41.3 Å². The zero-order valence-electron chi connectivity index (χ0n) is 8.64. The highest BCUT2D eigenvalue weighted by molar-refractivity contribution is 5.86. The number of hydrogen-bond donors (Lipinski definition) is 3. The summed E-state index contributed by atoms with van der Waals surface area (Å²) in [5, 5.41) is 23.8. The molecule has 0 fully saturated rings. The Bertz CT molecular complexity index is 566. The molecule has 3 N–H and O–H groups in total. The smallest absolute Gasteiger partial charge is 0.353 e. The summed E-state index contributed by atoms with van der Waals surface area (Å²) in [4.78, 5) is 10.7. The second-order valence-electron chi connectivity index (χ2n) is 3.44. The molecule has 0 atom stereocenters. The van der Waals surface area contributed by atoms with Crippen LogP contribution < -0.4 is 0 Å². The van der Waals surface area contributed by atoms with E-state index in [1.807, 2.05) is 0 Å². The van der Waals surface area contributed by atoms with Gasteiger partial charge in [0.05, 0.1) is 12.3 Å². The van der Waals surface area contributed by atoms with Gasteiger partial charge in [-0.15, -0.1) is 0 Å². The fourth-order valence-electron chi connectivity index (χ4n) is 1.43. The SMILES string of the molecule is O=C(O)c1cc(-c2ccc(F)c(CO)c2)n[nH]1. The Morgan fingerprint density at radius 1 is 1.41 bits per heavy atom. The van der Waals surface area contributed by atoms with E-state index in [1.54, 1.807) is 0 Å². The van der Waals surface area contributed by atoms with E-state index in [-0.39, 0.29) is 11.3 Å². The van der Waals surface area contributed by atoms with E-state index in [0.29, 0.717) is 11.3 Å². The molecule has 0 amide bonds. The minimum atomic E-state index is -1.12. The van der Waals surface area contributed by atoms with Gasteiger partial charge in [-0.2, -0.15) is 5.10 Å². The molecule has 1 aromatic carbocycles. The van der Waals surface area contributed by atoms with Gasteiger partial charge in [-0.3, -0.25) is 5.10 Å². The zero-order chi connectivity index (χ0) is 12.4. The fraction of sp³-hybridized carbons (Fsp3) is 0.0909. The first kappa shape index (κ1) is 11.3. The van der Waals surface area contributed by atoms with Crippen molar-refractivity contribution < 1.29 is 19.4 Å². The Labute approximate surface area is 95.5 Å². The maximum absolute atomic E-state index is 13.1. The number of H-pyrrole nitrogens is 1. The Morgan fingerprint density at radius 3 is 2.76 bits per heavy atom. The number of benzene rings is 1. The predicted molar refractivity (Wildman–Crippen MR) is 56.9 cm³/mol. The first-order chi connectivity index (χ1) is 8.11. The summed E-state index contributed by atoms with van der Waals surface area (Å²) in [5.74, 6) is -1.63. The molecule has 0 unspecified atom stereocenters. The van der Waals surface area contributed by atoms with Crippen molar-refractivity contribution in [2.24, 2.45) is 0 Å². The molecule has 0 saturated heterocycles. The molecule has 1 aromatic heterocycles. The average Bonchev–Trinajstić information content (AvgIpc) is 2.79. The van der Waals surface area contributed by atoms with Crippen LogP contribution in [0.1, 0.15) is 16.1 Å². The number of nitrogens with one attached hydrogen (secondary N) is 1. The number of carbonyl (C=O) groups is 1. The molecule has 6 heteroatoms. The third-order valence-electron chi connectivity index (χ3n) is 2.32. The third-order valence-corrected chi connectivity index (χ3v) is 2.32. The third kappa shape index (κ3) is 2.16. The molecule has 2 rings (SSSR count). The summed E-state index contributed by atoms with van der Waals surface area (Å²) in [6.07, 6.45) is 0. The molecular weight excluding hydrogens is 227 g/mol. The number of aromatic nitrogens is 2. The molecule has 2 aromatic rings. The second kappa shape index (κ2) is 4.34. The van der Waals surface area contributed by atoms with Gasteiger partial charge in [0.1, 0.15) is 11.5 Å². The Morgan fingerprint density at radius 2 is 2.18 bits per heavy atom. The lowest BCUT2D eigenvalue weighted by molar-refractivity contribution is 0.0690. The summed E-state index contributed by atoms with van der Waals surface area (Å²) in [6.45, 7) is -0.421. The first-order valence-electron chi connectivity index (χ1n) is 4.80. The molecule has 0 spiro atoms. The molecule has 88 valence electrons. The number of carboxylic acids is 1. The molecule has 0 aliphatic heterocycles. The lowest BCUT2D eigenvalue weighted by Gasteiger charge is -2.01. The van der Waals surface area contributed by atoms with Crippen LogP contribution in [0.3, 0.4) is 0 Å². The van der Waals surface area contributed by atoms with E-state index in [0.717, 1.165) is 0 Å². The molecule has 0 bridgehead atoms. The van der Waals surface area contributed by atoms with Crippen molar-refractivity contribution in [1.82, 2.24) is 10.2 Å². The van der Waals surface area contributed by atoms with E-state index in [4.69, 9.17) is 10.2 Å². The summed E-state index contributed by atoms with van der Waals surface area (Å²) in [6, 6.07) is 5.44. The van der Waals surface area contributed by atoms with E-state index in [9.17, 15) is 9.18 Å². The fourth-order valence-corrected chi connectivity index (χ4v) is 1.43. The maximum Gasteiger partial charge on any atom is 0.353 e. The summed E-state index contributed by atoms with van der Waals surface area (Å²) < 4.78 is 13.1. The molecule has 17 heavy (non-hydrogen) atoms. The Hall–Kier alpha value is -2.21. The van der Waals surface area contributed by atoms with Crippen LogP contribution in [0.5, 0.6) is 0 Å². The van der Waals surface area contributed by atoms with Gasteiger partial charge in [0.2, 0.25) is 0 Å². The van der Waals surface area contributed by atoms with Crippen molar-refractivity contribution in [3.8, 4) is 11.3 Å². The minimum Gasteiger partial charge on any atom is -0.477 e. The van der Waals surface area contributed by atoms with Gasteiger partial charge in [-0.25, -0.2) is 9.18 Å². The number of hydrogen-bond acceptors (Lipinski definition) is 3. The van der Waals surface area contributed by atoms with E-state index in [2.05, 4.69) is 10.2 Å². The van der Waals surface area contributed by atoms with Crippen molar-refractivity contribution in [3.63, 3.8) is 0 Å². The van der Waals surface area contributed by atoms with Crippen LogP contribution >= 0.6 is 0 Å². The highest BCUT2D eigenvalue weighted by Gasteiger charge is 2.10. The van der Waals surface area contributed by atoms with Crippen LogP contribution in [0.4, 0.5) is 4.39 Å². The molecule has 0 radical (unpaired) electrons. The average molecular weight is 236 g/mol. The highest BCUT2D eigenvalue weighted by atomic mass is 19.1. The van der Waals surface area contributed by atoms with Gasteiger partial charge in [0.15, 0.2) is 0 Å². The normalized spacial score (nSPS) is 10.5. The number of carboxylic acid groups (broad SMARTS) is 1. The lowest BCUT2D eigenvalue weighted by atomic mass is 10.1. The van der Waals surface area contributed by atoms with Gasteiger partial charge >= 0.3 is 5.97 Å². The van der Waals surface area contributed by atoms with E-state index < -0.39 is 18.4 Å². The number of nitrogens with zero attached hydrogens (tertiary/aromatic N) is 1. The maximum atomic E-state index is 13.1. The summed E-state index contributed by atoms with van der Waals surface area (Å²) in [7, 11) is 0. The summed E-state index contributed by atoms with van der Waals surface area (Å²) >= 11 is 0. The predicted octanol–water partition coefficient (Wildman–Crippen LogP) is 1.41. The quantitative estimate of drug-likeness (QED) is 0.751. The van der Waals surface area contributed by atoms with Gasteiger partial charge in [0.25, 0.3) is 0 Å². The largest absolute Gasteiger partial charge is 0.477 e. The summed E-state index contributed by atoms with van der Waals surface area (Å²) in [5.41, 5.74) is 1.02. The number of halogens is 1. The minimum absolute atomic E-state index is 0.0464. The van der Waals surface area contributed by atoms with Crippen molar-refractivity contribution in [2.75, 3.05) is 0 Å². The van der Waals surface area contributed by atoms with Crippen LogP contribution in [-0.4, -0.2) is 26.4 Å². The van der Waals surface area contributed by atoms with Crippen molar-refractivity contribution >= 4 is 5.97 Å². The lowest BCUT2D eigenvalue weighted by Crippen LogP contribution is -1.95. The van der Waals surface area contributed by atoms with Gasteiger partial charge in [-0.1, -0.05) is 0 Å². The monoisotopic (exact) mass is 236 g/mol. The standard InChI is InChI=1S/C11H9FN2O3/c12-8-2-1-6(3-7(8)5-15)9-4-10(11(16)17)14-13-9/h1-4,15H,5H2,(H,13,14)(H,16,17). The van der Waals surface area contributed by atoms with Gasteiger partial charge < -0.3 is 10.2 Å². The van der Waals surface area contributed by atoms with Gasteiger partial charge in [0, 0.05) is 11.1 Å². The molecule has 1 heterocycles. The molecule has 0 saturated carbocycles. The van der Waals surface area contributed by atoms with Crippen LogP contribution in [0.2, 0.25) is 0 Å². The zero-order valence-corrected chi connectivity index (χ0v) is 8.64. The number of aliphatic hydroxyl groups is 1. The van der Waals surface area contributed by atoms with Crippen molar-refractivity contribution in [2.45, 2.75) is 6.61 Å². The van der Waals surface area contributed by atoms with Crippen molar-refractivity contribution in [1.29, 1.82) is 0 Å². The number of aromatic carboxylic acids is 1. The number of aromatic amines is 1. The van der Waals surface area contributed by atoms with Crippen LogP contribution in [0, 0.1) is 5.82 Å². The molecule has 0 aliphatic carbocycles. The van der Waals surface area contributed by atoms with Gasteiger partial charge in [-0.05, 0) is 24.3 Å². The van der Waals surface area contributed by atoms with E-state index in [1.165, 1.54) is 24.3 Å². The van der Waals surface area contributed by atoms with E-state index >= 15 is 0 Å². The molecular formula is C11H9FN2O3. The van der Waals surface area contributed by atoms with Crippen LogP contribution in [0.25, 0.3) is 11.3 Å². The van der Waals surface area contributed by atoms with Crippen LogP contribution in [0.15, 0.2) is 24.3 Å². The second-order valence-corrected chi connectivity index (χ2v) is 3.44. The number of aliphatic hydroxyl groups excluding tert-OH is 1. The van der Waals surface area contributed by atoms with Crippen LogP contribution in [-0.2, 0) is 6.61 Å².